The summed E-state index contributed by atoms with van der Waals surface area (Å²) in [6, 6.07) is 19.9. The molecule has 2 nitrogen and oxygen atoms in total. The van der Waals surface area contributed by atoms with Crippen molar-refractivity contribution in [3.05, 3.63) is 71.8 Å². The van der Waals surface area contributed by atoms with E-state index < -0.39 is 12.2 Å². The molecular formula is C18H14O2. The van der Waals surface area contributed by atoms with E-state index in [2.05, 4.69) is 6.07 Å². The summed E-state index contributed by atoms with van der Waals surface area (Å²) in [5, 5.41) is 22.7. The number of aliphatic hydroxyl groups excluding tert-OH is 2. The Labute approximate surface area is 116 Å². The third kappa shape index (κ3) is 1.46. The molecule has 1 aliphatic carbocycles. The van der Waals surface area contributed by atoms with Crippen LogP contribution in [0, 0.1) is 0 Å². The van der Waals surface area contributed by atoms with Crippen molar-refractivity contribution in [3.8, 4) is 11.1 Å². The molecule has 3 aromatic rings. The van der Waals surface area contributed by atoms with Crippen LogP contribution >= 0.6 is 0 Å². The summed E-state index contributed by atoms with van der Waals surface area (Å²) >= 11 is 0. The molecule has 4 rings (SSSR count). The Balaban J connectivity index is 2.10. The standard InChI is InChI=1S/C18H14O2/c19-17-14-8-4-7-12-9-10-13(11-5-2-1-3-6-11)16(15(12)14)18(17)20/h1-10,17-20H. The molecule has 0 spiro atoms. The Hall–Kier alpha value is -2.16. The van der Waals surface area contributed by atoms with Gasteiger partial charge in [0.05, 0.1) is 0 Å². The van der Waals surface area contributed by atoms with Crippen molar-refractivity contribution in [2.24, 2.45) is 0 Å². The summed E-state index contributed by atoms with van der Waals surface area (Å²) in [5.74, 6) is 0. The van der Waals surface area contributed by atoms with Crippen molar-refractivity contribution in [1.82, 2.24) is 0 Å². The summed E-state index contributed by atoms with van der Waals surface area (Å²) in [5.41, 5.74) is 3.72. The van der Waals surface area contributed by atoms with Crippen LogP contribution in [0.15, 0.2) is 60.7 Å². The molecule has 2 N–H and O–H groups in total. The normalized spacial score (nSPS) is 20.5. The van der Waals surface area contributed by atoms with Gasteiger partial charge in [-0.25, -0.2) is 0 Å². The largest absolute Gasteiger partial charge is 0.385 e. The number of benzene rings is 3. The summed E-state index contributed by atoms with van der Waals surface area (Å²) < 4.78 is 0. The first kappa shape index (κ1) is 11.6. The van der Waals surface area contributed by atoms with Crippen LogP contribution in [0.1, 0.15) is 23.3 Å². The van der Waals surface area contributed by atoms with E-state index in [1.165, 1.54) is 0 Å². The molecule has 2 unspecified atom stereocenters. The van der Waals surface area contributed by atoms with E-state index in [0.717, 1.165) is 33.0 Å². The number of hydrogen-bond acceptors (Lipinski definition) is 2. The first-order chi connectivity index (χ1) is 9.77. The van der Waals surface area contributed by atoms with Crippen LogP contribution in [0.4, 0.5) is 0 Å². The maximum atomic E-state index is 10.4. The predicted molar refractivity (Wildman–Crippen MR) is 79.3 cm³/mol. The molecule has 0 saturated carbocycles. The highest BCUT2D eigenvalue weighted by Gasteiger charge is 2.33. The molecule has 1 aliphatic rings. The third-order valence-electron chi connectivity index (χ3n) is 4.12. The van der Waals surface area contributed by atoms with Gasteiger partial charge < -0.3 is 10.2 Å². The van der Waals surface area contributed by atoms with Gasteiger partial charge in [0.25, 0.3) is 0 Å². The molecule has 0 amide bonds. The molecule has 0 heterocycles. The molecule has 98 valence electrons. The summed E-state index contributed by atoms with van der Waals surface area (Å²) in [4.78, 5) is 0. The van der Waals surface area contributed by atoms with Crippen molar-refractivity contribution >= 4 is 10.8 Å². The fourth-order valence-electron chi connectivity index (χ4n) is 3.19. The Bertz CT molecular complexity index is 793. The van der Waals surface area contributed by atoms with Crippen molar-refractivity contribution in [3.63, 3.8) is 0 Å². The van der Waals surface area contributed by atoms with Crippen LogP contribution in [0.25, 0.3) is 21.9 Å². The zero-order valence-electron chi connectivity index (χ0n) is 10.8. The second-order valence-corrected chi connectivity index (χ2v) is 5.23. The van der Waals surface area contributed by atoms with E-state index >= 15 is 0 Å². The van der Waals surface area contributed by atoms with Crippen molar-refractivity contribution < 1.29 is 10.2 Å². The van der Waals surface area contributed by atoms with Crippen LogP contribution in [0.2, 0.25) is 0 Å². The van der Waals surface area contributed by atoms with E-state index in [-0.39, 0.29) is 0 Å². The van der Waals surface area contributed by atoms with Gasteiger partial charge in [-0.05, 0) is 33.0 Å². The van der Waals surface area contributed by atoms with Crippen molar-refractivity contribution in [2.75, 3.05) is 0 Å². The minimum Gasteiger partial charge on any atom is -0.385 e. The first-order valence-electron chi connectivity index (χ1n) is 6.74. The van der Waals surface area contributed by atoms with Gasteiger partial charge in [-0.15, -0.1) is 0 Å². The number of hydrogen-bond donors (Lipinski definition) is 2. The maximum absolute atomic E-state index is 10.4. The van der Waals surface area contributed by atoms with E-state index in [1.807, 2.05) is 54.6 Å². The second kappa shape index (κ2) is 4.17. The molecule has 0 aromatic heterocycles. The zero-order chi connectivity index (χ0) is 13.7. The molecule has 2 atom stereocenters. The fourth-order valence-corrected chi connectivity index (χ4v) is 3.19. The highest BCUT2D eigenvalue weighted by atomic mass is 16.3. The minimum absolute atomic E-state index is 0.822. The molecular weight excluding hydrogens is 248 g/mol. The van der Waals surface area contributed by atoms with Gasteiger partial charge in [-0.1, -0.05) is 60.7 Å². The second-order valence-electron chi connectivity index (χ2n) is 5.23. The molecule has 0 aliphatic heterocycles. The minimum atomic E-state index is -0.855. The monoisotopic (exact) mass is 262 g/mol. The average molecular weight is 262 g/mol. The smallest absolute Gasteiger partial charge is 0.110 e. The molecule has 0 saturated heterocycles. The van der Waals surface area contributed by atoms with E-state index in [1.54, 1.807) is 0 Å². The third-order valence-corrected chi connectivity index (χ3v) is 4.12. The highest BCUT2D eigenvalue weighted by molar-refractivity contribution is 5.97. The first-order valence-corrected chi connectivity index (χ1v) is 6.74. The van der Waals surface area contributed by atoms with E-state index in [9.17, 15) is 10.2 Å². The quantitative estimate of drug-likeness (QED) is 0.703. The molecule has 0 fully saturated rings. The SMILES string of the molecule is OC1c2cccc3ccc(-c4ccccc4)c(c23)C1O. The van der Waals surface area contributed by atoms with Gasteiger partial charge in [-0.2, -0.15) is 0 Å². The fraction of sp³-hybridized carbons (Fsp3) is 0.111. The lowest BCUT2D eigenvalue weighted by molar-refractivity contribution is 0.0256. The zero-order valence-corrected chi connectivity index (χ0v) is 10.8. The Morgan fingerprint density at radius 1 is 0.700 bits per heavy atom. The van der Waals surface area contributed by atoms with Crippen molar-refractivity contribution in [2.45, 2.75) is 12.2 Å². The van der Waals surface area contributed by atoms with Crippen molar-refractivity contribution in [1.29, 1.82) is 0 Å². The average Bonchev–Trinajstić information content (AvgIpc) is 2.76. The predicted octanol–water partition coefficient (Wildman–Crippen LogP) is 3.59. The van der Waals surface area contributed by atoms with Crippen LogP contribution in [0.5, 0.6) is 0 Å². The summed E-state index contributed by atoms with van der Waals surface area (Å²) in [6.07, 6.45) is -1.69. The molecule has 3 aromatic carbocycles. The molecule has 2 heteroatoms. The lowest BCUT2D eigenvalue weighted by Crippen LogP contribution is -2.03. The van der Waals surface area contributed by atoms with Gasteiger partial charge >= 0.3 is 0 Å². The van der Waals surface area contributed by atoms with Crippen LogP contribution < -0.4 is 0 Å². The highest BCUT2D eigenvalue weighted by Crippen LogP contribution is 2.47. The van der Waals surface area contributed by atoms with Crippen LogP contribution in [-0.4, -0.2) is 10.2 Å². The molecule has 0 bridgehead atoms. The topological polar surface area (TPSA) is 40.5 Å². The summed E-state index contributed by atoms with van der Waals surface area (Å²) in [7, 11) is 0. The Morgan fingerprint density at radius 3 is 2.30 bits per heavy atom. The van der Waals surface area contributed by atoms with Crippen LogP contribution in [0.3, 0.4) is 0 Å². The number of aliphatic hydroxyl groups is 2. The maximum Gasteiger partial charge on any atom is 0.110 e. The van der Waals surface area contributed by atoms with E-state index in [0.29, 0.717) is 0 Å². The lowest BCUT2D eigenvalue weighted by atomic mass is 9.94. The molecule has 0 radical (unpaired) electrons. The Morgan fingerprint density at radius 2 is 1.50 bits per heavy atom. The van der Waals surface area contributed by atoms with Gasteiger partial charge in [0.2, 0.25) is 0 Å². The van der Waals surface area contributed by atoms with Gasteiger partial charge in [0.15, 0.2) is 0 Å². The van der Waals surface area contributed by atoms with E-state index in [4.69, 9.17) is 0 Å². The van der Waals surface area contributed by atoms with Gasteiger partial charge in [0, 0.05) is 0 Å². The molecule has 20 heavy (non-hydrogen) atoms. The lowest BCUT2D eigenvalue weighted by Gasteiger charge is -2.13. The number of rotatable bonds is 1. The van der Waals surface area contributed by atoms with Gasteiger partial charge in [0.1, 0.15) is 12.2 Å². The Kier molecular flexibility index (Phi) is 2.43. The van der Waals surface area contributed by atoms with Crippen LogP contribution in [-0.2, 0) is 0 Å². The summed E-state index contributed by atoms with van der Waals surface area (Å²) in [6.45, 7) is 0. The van der Waals surface area contributed by atoms with Gasteiger partial charge in [-0.3, -0.25) is 0 Å².